The van der Waals surface area contributed by atoms with Gasteiger partial charge >= 0.3 is 0 Å². The second kappa shape index (κ2) is 11.9. The molecule has 7 rings (SSSR count). The summed E-state index contributed by atoms with van der Waals surface area (Å²) in [4.78, 5) is 13.5. The first-order chi connectivity index (χ1) is 21.3. The Morgan fingerprint density at radius 2 is 0.721 bits per heavy atom. The zero-order valence-corrected chi connectivity index (χ0v) is 23.4. The topological polar surface area (TPSA) is 45.4 Å². The van der Waals surface area contributed by atoms with E-state index < -0.39 is 0 Å². The molecule has 0 aliphatic rings. The average molecular weight is 557 g/mol. The van der Waals surface area contributed by atoms with Gasteiger partial charge in [-0.15, -0.1) is 0 Å². The van der Waals surface area contributed by atoms with Crippen LogP contribution >= 0.6 is 0 Å². The number of pyridine rings is 2. The second-order valence-electron chi connectivity index (χ2n) is 9.98. The highest BCUT2D eigenvalue weighted by molar-refractivity contribution is 5.78. The van der Waals surface area contributed by atoms with Crippen molar-refractivity contribution in [1.29, 1.82) is 0 Å². The van der Waals surface area contributed by atoms with Crippen molar-refractivity contribution >= 4 is 34.4 Å². The van der Waals surface area contributed by atoms with Crippen LogP contribution < -0.4 is 9.80 Å². The molecule has 0 spiro atoms. The Hall–Kier alpha value is -5.94. The maximum Gasteiger partial charge on any atom is 0.137 e. The van der Waals surface area contributed by atoms with Gasteiger partial charge < -0.3 is 4.42 Å². The van der Waals surface area contributed by atoms with E-state index in [1.165, 1.54) is 0 Å². The molecule has 0 atom stereocenters. The molecule has 3 heterocycles. The molecule has 0 fully saturated rings. The minimum atomic E-state index is 0.814. The number of furan rings is 1. The van der Waals surface area contributed by atoms with Crippen LogP contribution in [-0.2, 0) is 0 Å². The summed E-state index contributed by atoms with van der Waals surface area (Å²) >= 11 is 0. The first kappa shape index (κ1) is 26.0. The molecule has 0 amide bonds. The van der Waals surface area contributed by atoms with Gasteiger partial charge in [0.25, 0.3) is 0 Å². The summed E-state index contributed by atoms with van der Waals surface area (Å²) in [6.07, 6.45) is 3.63. The Bertz CT molecular complexity index is 1670. The highest BCUT2D eigenvalue weighted by atomic mass is 16.3. The fourth-order valence-electron chi connectivity index (χ4n) is 5.15. The molecule has 0 aliphatic heterocycles. The Kier molecular flexibility index (Phi) is 7.19. The molecule has 0 aliphatic carbocycles. The predicted octanol–water partition coefficient (Wildman–Crippen LogP) is 10.3. The lowest BCUT2D eigenvalue weighted by atomic mass is 10.1. The number of aromatic nitrogens is 2. The minimum absolute atomic E-state index is 0.814. The van der Waals surface area contributed by atoms with E-state index >= 15 is 0 Å². The van der Waals surface area contributed by atoms with Crippen molar-refractivity contribution in [1.82, 2.24) is 9.97 Å². The van der Waals surface area contributed by atoms with E-state index in [4.69, 9.17) is 4.42 Å². The van der Waals surface area contributed by atoms with Gasteiger partial charge in [-0.2, -0.15) is 0 Å². The van der Waals surface area contributed by atoms with E-state index in [2.05, 4.69) is 92.6 Å². The molecule has 4 aromatic carbocycles. The van der Waals surface area contributed by atoms with Crippen LogP contribution in [0.25, 0.3) is 22.6 Å². The first-order valence-corrected chi connectivity index (χ1v) is 14.2. The van der Waals surface area contributed by atoms with Crippen LogP contribution in [0.1, 0.15) is 0 Å². The van der Waals surface area contributed by atoms with Gasteiger partial charge in [-0.1, -0.05) is 48.5 Å². The Morgan fingerprint density at radius 3 is 1.09 bits per heavy atom. The number of para-hydroxylation sites is 2. The number of benzene rings is 4. The molecule has 0 N–H and O–H groups in total. The number of rotatable bonds is 8. The normalized spacial score (nSPS) is 10.8. The van der Waals surface area contributed by atoms with E-state index in [0.29, 0.717) is 0 Å². The molecule has 0 bridgehead atoms. The van der Waals surface area contributed by atoms with Crippen LogP contribution in [0, 0.1) is 0 Å². The van der Waals surface area contributed by atoms with E-state index in [1.54, 1.807) is 0 Å². The summed E-state index contributed by atoms with van der Waals surface area (Å²) in [5.41, 5.74) is 6.15. The van der Waals surface area contributed by atoms with Crippen LogP contribution in [-0.4, -0.2) is 9.97 Å². The zero-order chi connectivity index (χ0) is 28.8. The molecule has 206 valence electrons. The molecule has 43 heavy (non-hydrogen) atoms. The van der Waals surface area contributed by atoms with Gasteiger partial charge in [0.1, 0.15) is 23.2 Å². The molecule has 0 saturated heterocycles. The molecule has 0 saturated carbocycles. The average Bonchev–Trinajstić information content (AvgIpc) is 3.58. The monoisotopic (exact) mass is 556 g/mol. The minimum Gasteiger partial charge on any atom is -0.456 e. The SMILES string of the molecule is c1ccc(N(c2ccc(-c3ccc(-c4ccc(N(c5ccccc5)c5ccccn5)cc4)o3)cc2)c2ccccn2)cc1. The van der Waals surface area contributed by atoms with Gasteiger partial charge in [0.2, 0.25) is 0 Å². The second-order valence-corrected chi connectivity index (χ2v) is 9.98. The van der Waals surface area contributed by atoms with Gasteiger partial charge in [0.15, 0.2) is 0 Å². The summed E-state index contributed by atoms with van der Waals surface area (Å²) < 4.78 is 6.34. The molecule has 3 aromatic heterocycles. The third-order valence-corrected chi connectivity index (χ3v) is 7.21. The summed E-state index contributed by atoms with van der Waals surface area (Å²) in [6, 6.07) is 53.2. The van der Waals surface area contributed by atoms with Crippen molar-refractivity contribution in [3.8, 4) is 22.6 Å². The zero-order valence-electron chi connectivity index (χ0n) is 23.4. The number of nitrogens with zero attached hydrogens (tertiary/aromatic N) is 4. The van der Waals surface area contributed by atoms with Crippen LogP contribution in [0.2, 0.25) is 0 Å². The summed E-state index contributed by atoms with van der Waals surface area (Å²) in [5, 5.41) is 0. The van der Waals surface area contributed by atoms with Crippen LogP contribution in [0.3, 0.4) is 0 Å². The third-order valence-electron chi connectivity index (χ3n) is 7.21. The largest absolute Gasteiger partial charge is 0.456 e. The van der Waals surface area contributed by atoms with Gasteiger partial charge in [0, 0.05) is 46.3 Å². The Labute approximate surface area is 251 Å². The van der Waals surface area contributed by atoms with Gasteiger partial charge in [-0.25, -0.2) is 9.97 Å². The molecule has 0 unspecified atom stereocenters. The molecular weight excluding hydrogens is 528 g/mol. The van der Waals surface area contributed by atoms with Gasteiger partial charge in [0.05, 0.1) is 0 Å². The maximum absolute atomic E-state index is 6.34. The van der Waals surface area contributed by atoms with E-state index in [0.717, 1.165) is 57.0 Å². The summed E-state index contributed by atoms with van der Waals surface area (Å²) in [6.45, 7) is 0. The maximum atomic E-state index is 6.34. The smallest absolute Gasteiger partial charge is 0.137 e. The quantitative estimate of drug-likeness (QED) is 0.186. The standard InChI is InChI=1S/C38H28N4O/c1-3-11-31(12-4-1)41(37-15-7-9-27-39-37)33-21-17-29(18-22-33)35-25-26-36(43-35)30-19-23-34(24-20-30)42(32-13-5-2-6-14-32)38-16-8-10-28-40-38/h1-28H. The van der Waals surface area contributed by atoms with Crippen LogP contribution in [0.4, 0.5) is 34.4 Å². The molecular formula is C38H28N4O. The fraction of sp³-hybridized carbons (Fsp3) is 0. The Balaban J connectivity index is 1.15. The third kappa shape index (κ3) is 5.52. The van der Waals surface area contributed by atoms with Crippen molar-refractivity contribution in [3.05, 3.63) is 170 Å². The van der Waals surface area contributed by atoms with Crippen molar-refractivity contribution in [3.63, 3.8) is 0 Å². The summed E-state index contributed by atoms with van der Waals surface area (Å²) in [5.74, 6) is 3.35. The van der Waals surface area contributed by atoms with E-state index in [1.807, 2.05) is 97.3 Å². The number of hydrogen-bond acceptors (Lipinski definition) is 5. The fourth-order valence-corrected chi connectivity index (χ4v) is 5.15. The highest BCUT2D eigenvalue weighted by Crippen LogP contribution is 2.37. The van der Waals surface area contributed by atoms with Crippen molar-refractivity contribution in [2.75, 3.05) is 9.80 Å². The number of hydrogen-bond donors (Lipinski definition) is 0. The van der Waals surface area contributed by atoms with E-state index in [-0.39, 0.29) is 0 Å². The van der Waals surface area contributed by atoms with E-state index in [9.17, 15) is 0 Å². The van der Waals surface area contributed by atoms with Crippen LogP contribution in [0.5, 0.6) is 0 Å². The van der Waals surface area contributed by atoms with Gasteiger partial charge in [-0.3, -0.25) is 9.80 Å². The molecule has 7 aromatic rings. The lowest BCUT2D eigenvalue weighted by Crippen LogP contribution is -2.11. The van der Waals surface area contributed by atoms with Crippen LogP contribution in [0.15, 0.2) is 175 Å². The lowest BCUT2D eigenvalue weighted by Gasteiger charge is -2.24. The molecule has 5 heteroatoms. The molecule has 0 radical (unpaired) electrons. The lowest BCUT2D eigenvalue weighted by molar-refractivity contribution is 0.597. The predicted molar refractivity (Wildman–Crippen MR) is 175 cm³/mol. The van der Waals surface area contributed by atoms with Crippen molar-refractivity contribution in [2.45, 2.75) is 0 Å². The van der Waals surface area contributed by atoms with Crippen molar-refractivity contribution in [2.24, 2.45) is 0 Å². The number of anilines is 6. The first-order valence-electron chi connectivity index (χ1n) is 14.2. The van der Waals surface area contributed by atoms with Gasteiger partial charge in [-0.05, 0) is 109 Å². The van der Waals surface area contributed by atoms with Crippen molar-refractivity contribution < 1.29 is 4.42 Å². The molecule has 5 nitrogen and oxygen atoms in total. The summed E-state index contributed by atoms with van der Waals surface area (Å²) in [7, 11) is 0. The highest BCUT2D eigenvalue weighted by Gasteiger charge is 2.16. The Morgan fingerprint density at radius 1 is 0.349 bits per heavy atom.